The number of hydrogen-bond acceptors (Lipinski definition) is 6. The molecule has 0 bridgehead atoms. The summed E-state index contributed by atoms with van der Waals surface area (Å²) in [4.78, 5) is 18.6. The predicted octanol–water partition coefficient (Wildman–Crippen LogP) is 3.99. The van der Waals surface area contributed by atoms with Gasteiger partial charge in [-0.3, -0.25) is 4.79 Å². The van der Waals surface area contributed by atoms with Crippen LogP contribution in [0.1, 0.15) is 12.5 Å². The summed E-state index contributed by atoms with van der Waals surface area (Å²) in [6.07, 6.45) is 0. The molecule has 2 aromatic carbocycles. The molecule has 1 heterocycles. The molecule has 26 heavy (non-hydrogen) atoms. The lowest BCUT2D eigenvalue weighted by molar-refractivity contribution is -0.118. The third-order valence-corrected chi connectivity index (χ3v) is 5.93. The van der Waals surface area contributed by atoms with Gasteiger partial charge in [0.25, 0.3) is 5.91 Å². The van der Waals surface area contributed by atoms with Crippen molar-refractivity contribution < 1.29 is 4.79 Å². The average molecular weight is 385 g/mol. The summed E-state index contributed by atoms with van der Waals surface area (Å²) in [6, 6.07) is 16.0. The summed E-state index contributed by atoms with van der Waals surface area (Å²) < 4.78 is 2.02. The quantitative estimate of drug-likeness (QED) is 0.397. The van der Waals surface area contributed by atoms with E-state index in [0.717, 1.165) is 31.5 Å². The van der Waals surface area contributed by atoms with Gasteiger partial charge in [0.05, 0.1) is 21.7 Å². The Morgan fingerprint density at radius 1 is 1.19 bits per heavy atom. The van der Waals surface area contributed by atoms with E-state index in [1.54, 1.807) is 11.3 Å². The summed E-state index contributed by atoms with van der Waals surface area (Å²) in [5.74, 6) is 0.148. The fourth-order valence-corrected chi connectivity index (χ4v) is 4.14. The second kappa shape index (κ2) is 8.33. The van der Waals surface area contributed by atoms with Crippen LogP contribution in [0.2, 0.25) is 0 Å². The molecule has 1 amide bonds. The maximum absolute atomic E-state index is 12.0. The highest BCUT2D eigenvalue weighted by Gasteiger charge is 2.07. The van der Waals surface area contributed by atoms with Gasteiger partial charge in [0.2, 0.25) is 0 Å². The van der Waals surface area contributed by atoms with Gasteiger partial charge >= 0.3 is 0 Å². The zero-order valence-corrected chi connectivity index (χ0v) is 16.5. The maximum Gasteiger partial charge on any atom is 0.250 e. The van der Waals surface area contributed by atoms with E-state index < -0.39 is 0 Å². The number of fused-ring (bicyclic) bond motifs is 1. The smallest absolute Gasteiger partial charge is 0.250 e. The van der Waals surface area contributed by atoms with Gasteiger partial charge in [-0.05, 0) is 36.8 Å². The largest absolute Gasteiger partial charge is 0.378 e. The Balaban J connectivity index is 1.54. The van der Waals surface area contributed by atoms with Gasteiger partial charge in [-0.15, -0.1) is 11.3 Å². The van der Waals surface area contributed by atoms with E-state index in [2.05, 4.69) is 15.5 Å². The first kappa shape index (κ1) is 18.4. The molecule has 0 atom stereocenters. The van der Waals surface area contributed by atoms with Crippen LogP contribution in [0, 0.1) is 0 Å². The summed E-state index contributed by atoms with van der Waals surface area (Å²) in [5, 5.41) is 4.20. The van der Waals surface area contributed by atoms with Crippen LogP contribution in [-0.4, -0.2) is 36.5 Å². The van der Waals surface area contributed by atoms with Crippen molar-refractivity contribution in [3.63, 3.8) is 0 Å². The monoisotopic (exact) mass is 384 g/mol. The molecule has 0 spiro atoms. The van der Waals surface area contributed by atoms with Crippen LogP contribution in [0.25, 0.3) is 10.2 Å². The number of benzene rings is 2. The number of hydrazone groups is 1. The van der Waals surface area contributed by atoms with Gasteiger partial charge in [-0.1, -0.05) is 36.0 Å². The number of hydrogen-bond donors (Lipinski definition) is 1. The Hall–Kier alpha value is -2.38. The van der Waals surface area contributed by atoms with Crippen LogP contribution < -0.4 is 10.3 Å². The van der Waals surface area contributed by atoms with Crippen LogP contribution in [0.15, 0.2) is 58.0 Å². The van der Waals surface area contributed by atoms with E-state index >= 15 is 0 Å². The highest BCUT2D eigenvalue weighted by molar-refractivity contribution is 8.01. The molecule has 0 saturated carbocycles. The number of thioether (sulfide) groups is 1. The highest BCUT2D eigenvalue weighted by Crippen LogP contribution is 2.29. The van der Waals surface area contributed by atoms with Crippen molar-refractivity contribution in [2.45, 2.75) is 11.3 Å². The summed E-state index contributed by atoms with van der Waals surface area (Å²) >= 11 is 3.02. The fourth-order valence-electron chi connectivity index (χ4n) is 2.28. The third-order valence-electron chi connectivity index (χ3n) is 3.75. The Bertz CT molecular complexity index is 899. The Morgan fingerprint density at radius 2 is 1.92 bits per heavy atom. The van der Waals surface area contributed by atoms with Gasteiger partial charge in [0, 0.05) is 19.8 Å². The van der Waals surface area contributed by atoms with Crippen LogP contribution in [-0.2, 0) is 4.79 Å². The summed E-state index contributed by atoms with van der Waals surface area (Å²) in [5.41, 5.74) is 6.46. The van der Waals surface area contributed by atoms with E-state index in [1.165, 1.54) is 11.8 Å². The van der Waals surface area contributed by atoms with Gasteiger partial charge in [0.15, 0.2) is 4.34 Å². The zero-order valence-electron chi connectivity index (χ0n) is 14.9. The number of para-hydroxylation sites is 1. The van der Waals surface area contributed by atoms with Gasteiger partial charge in [-0.2, -0.15) is 5.10 Å². The normalized spacial score (nSPS) is 11.6. The maximum atomic E-state index is 12.0. The van der Waals surface area contributed by atoms with E-state index in [0.29, 0.717) is 0 Å². The standard InChI is InChI=1S/C19H20N4OS2/c1-13(14-8-10-15(11-9-14)23(2)3)21-22-18(24)12-25-19-20-16-6-4-5-7-17(16)26-19/h4-11H,12H2,1-3H3,(H,22,24)/b21-13-. The van der Waals surface area contributed by atoms with Crippen molar-refractivity contribution in [3.05, 3.63) is 54.1 Å². The molecule has 7 heteroatoms. The van der Waals surface area contributed by atoms with E-state index in [4.69, 9.17) is 0 Å². The third kappa shape index (κ3) is 4.62. The van der Waals surface area contributed by atoms with Crippen LogP contribution in [0.3, 0.4) is 0 Å². The summed E-state index contributed by atoms with van der Waals surface area (Å²) in [6.45, 7) is 1.88. The van der Waals surface area contributed by atoms with Gasteiger partial charge in [-0.25, -0.2) is 10.4 Å². The number of thiazole rings is 1. The number of carbonyl (C=O) groups is 1. The van der Waals surface area contributed by atoms with Gasteiger partial charge < -0.3 is 4.90 Å². The Labute approximate surface area is 161 Å². The second-order valence-corrected chi connectivity index (χ2v) is 8.16. The molecule has 0 aliphatic carbocycles. The number of nitrogens with zero attached hydrogens (tertiary/aromatic N) is 3. The first-order chi connectivity index (χ1) is 12.5. The van der Waals surface area contributed by atoms with Crippen molar-refractivity contribution in [2.24, 2.45) is 5.10 Å². The Morgan fingerprint density at radius 3 is 2.62 bits per heavy atom. The molecule has 0 radical (unpaired) electrons. The minimum absolute atomic E-state index is 0.140. The van der Waals surface area contributed by atoms with E-state index in [-0.39, 0.29) is 11.7 Å². The lowest BCUT2D eigenvalue weighted by Crippen LogP contribution is -2.21. The molecular formula is C19H20N4OS2. The van der Waals surface area contributed by atoms with Crippen molar-refractivity contribution >= 4 is 50.6 Å². The van der Waals surface area contributed by atoms with Gasteiger partial charge in [0.1, 0.15) is 0 Å². The van der Waals surface area contributed by atoms with Crippen molar-refractivity contribution in [1.82, 2.24) is 10.4 Å². The first-order valence-corrected chi connectivity index (χ1v) is 9.92. The fraction of sp³-hybridized carbons (Fsp3) is 0.211. The predicted molar refractivity (Wildman–Crippen MR) is 111 cm³/mol. The molecule has 0 fully saturated rings. The number of aromatic nitrogens is 1. The molecule has 0 unspecified atom stereocenters. The molecule has 0 aliphatic heterocycles. The number of carbonyl (C=O) groups excluding carboxylic acids is 1. The van der Waals surface area contributed by atoms with Crippen molar-refractivity contribution in [3.8, 4) is 0 Å². The Kier molecular flexibility index (Phi) is 5.90. The lowest BCUT2D eigenvalue weighted by atomic mass is 10.1. The van der Waals surface area contributed by atoms with Crippen LogP contribution in [0.5, 0.6) is 0 Å². The molecule has 3 aromatic rings. The second-order valence-electron chi connectivity index (χ2n) is 5.91. The average Bonchev–Trinajstić information content (AvgIpc) is 3.07. The molecular weight excluding hydrogens is 364 g/mol. The molecule has 0 aliphatic rings. The molecule has 1 aromatic heterocycles. The minimum atomic E-state index is -0.140. The minimum Gasteiger partial charge on any atom is -0.378 e. The van der Waals surface area contributed by atoms with Crippen molar-refractivity contribution in [2.75, 3.05) is 24.7 Å². The summed E-state index contributed by atoms with van der Waals surface area (Å²) in [7, 11) is 4.00. The number of rotatable bonds is 6. The SMILES string of the molecule is C/C(=N/NC(=O)CSc1nc2ccccc2s1)c1ccc(N(C)C)cc1. The lowest BCUT2D eigenvalue weighted by Gasteiger charge is -2.12. The molecule has 0 saturated heterocycles. The van der Waals surface area contributed by atoms with E-state index in [1.807, 2.05) is 74.4 Å². The number of amides is 1. The first-order valence-electron chi connectivity index (χ1n) is 8.12. The molecule has 1 N–H and O–H groups in total. The highest BCUT2D eigenvalue weighted by atomic mass is 32.2. The zero-order chi connectivity index (χ0) is 18.5. The molecule has 5 nitrogen and oxygen atoms in total. The number of anilines is 1. The number of nitrogens with one attached hydrogen (secondary N) is 1. The van der Waals surface area contributed by atoms with Crippen LogP contribution in [0.4, 0.5) is 5.69 Å². The van der Waals surface area contributed by atoms with Crippen LogP contribution >= 0.6 is 23.1 Å². The molecule has 3 rings (SSSR count). The topological polar surface area (TPSA) is 57.6 Å². The van der Waals surface area contributed by atoms with E-state index in [9.17, 15) is 4.79 Å². The van der Waals surface area contributed by atoms with Crippen molar-refractivity contribution in [1.29, 1.82) is 0 Å². The molecule has 134 valence electrons.